The van der Waals surface area contributed by atoms with Gasteiger partial charge in [-0.15, -0.1) is 11.3 Å². The fourth-order valence-corrected chi connectivity index (χ4v) is 5.66. The third kappa shape index (κ3) is 4.07. The van der Waals surface area contributed by atoms with Crippen molar-refractivity contribution < 1.29 is 24.1 Å². The number of piperidine rings is 1. The van der Waals surface area contributed by atoms with Crippen molar-refractivity contribution in [2.24, 2.45) is 0 Å². The highest BCUT2D eigenvalue weighted by atomic mass is 32.1. The molecule has 2 aromatic carbocycles. The molecule has 164 valence electrons. The van der Waals surface area contributed by atoms with Crippen molar-refractivity contribution in [3.63, 3.8) is 0 Å². The van der Waals surface area contributed by atoms with Crippen molar-refractivity contribution in [3.8, 4) is 17.2 Å². The monoisotopic (exact) mass is 441 g/mol. The average molecular weight is 442 g/mol. The summed E-state index contributed by atoms with van der Waals surface area (Å²) in [5.74, 6) is 0.870. The van der Waals surface area contributed by atoms with E-state index in [0.29, 0.717) is 30.2 Å². The molecule has 1 N–H and O–H groups in total. The Kier molecular flexibility index (Phi) is 6.34. The SMILES string of the molecule is COc1cc(C(c2cc3ccccc3s2)N2CCCCC2C(=O)O)cc(OC)c1OC. The highest BCUT2D eigenvalue weighted by Crippen LogP contribution is 2.45. The van der Waals surface area contributed by atoms with E-state index in [1.807, 2.05) is 24.3 Å². The molecule has 0 saturated carbocycles. The summed E-state index contributed by atoms with van der Waals surface area (Å²) in [5.41, 5.74) is 0.925. The number of benzene rings is 2. The first kappa shape index (κ1) is 21.5. The summed E-state index contributed by atoms with van der Waals surface area (Å²) >= 11 is 1.70. The first-order chi connectivity index (χ1) is 15.1. The van der Waals surface area contributed by atoms with Crippen molar-refractivity contribution in [2.45, 2.75) is 31.3 Å². The third-order valence-corrected chi connectivity index (χ3v) is 7.05. The van der Waals surface area contributed by atoms with Gasteiger partial charge < -0.3 is 19.3 Å². The van der Waals surface area contributed by atoms with E-state index in [1.54, 1.807) is 32.7 Å². The molecular formula is C24H27NO5S. The maximum absolute atomic E-state index is 12.1. The molecule has 0 radical (unpaired) electrons. The van der Waals surface area contributed by atoms with Crippen LogP contribution in [-0.2, 0) is 4.79 Å². The van der Waals surface area contributed by atoms with Gasteiger partial charge in [0.05, 0.1) is 27.4 Å². The van der Waals surface area contributed by atoms with Crippen molar-refractivity contribution in [2.75, 3.05) is 27.9 Å². The lowest BCUT2D eigenvalue weighted by Crippen LogP contribution is -2.46. The number of hydrogen-bond acceptors (Lipinski definition) is 6. The first-order valence-electron chi connectivity index (χ1n) is 10.3. The zero-order chi connectivity index (χ0) is 22.0. The summed E-state index contributed by atoms with van der Waals surface area (Å²) in [7, 11) is 4.77. The van der Waals surface area contributed by atoms with E-state index in [9.17, 15) is 9.90 Å². The van der Waals surface area contributed by atoms with E-state index < -0.39 is 12.0 Å². The number of carbonyl (C=O) groups is 1. The minimum atomic E-state index is -0.779. The Morgan fingerprint density at radius 2 is 1.77 bits per heavy atom. The average Bonchev–Trinajstić information content (AvgIpc) is 3.22. The van der Waals surface area contributed by atoms with E-state index >= 15 is 0 Å². The lowest BCUT2D eigenvalue weighted by Gasteiger charge is -2.39. The van der Waals surface area contributed by atoms with Crippen LogP contribution in [0.2, 0.25) is 0 Å². The van der Waals surface area contributed by atoms with Crippen molar-refractivity contribution >= 4 is 27.4 Å². The molecule has 7 heteroatoms. The predicted molar refractivity (Wildman–Crippen MR) is 122 cm³/mol. The molecule has 3 aromatic rings. The molecule has 1 aromatic heterocycles. The summed E-state index contributed by atoms with van der Waals surface area (Å²) in [6, 6.07) is 13.5. The minimum Gasteiger partial charge on any atom is -0.493 e. The Labute approximate surface area is 186 Å². The Morgan fingerprint density at radius 1 is 1.06 bits per heavy atom. The molecule has 1 saturated heterocycles. The molecule has 2 atom stereocenters. The highest BCUT2D eigenvalue weighted by Gasteiger charge is 2.36. The van der Waals surface area contributed by atoms with Crippen molar-refractivity contribution in [1.82, 2.24) is 4.90 Å². The maximum Gasteiger partial charge on any atom is 0.320 e. The van der Waals surface area contributed by atoms with E-state index in [0.717, 1.165) is 28.7 Å². The van der Waals surface area contributed by atoms with Crippen LogP contribution in [0.3, 0.4) is 0 Å². The Hall–Kier alpha value is -2.77. The summed E-state index contributed by atoms with van der Waals surface area (Å²) in [6.07, 6.45) is 2.53. The molecule has 0 amide bonds. The second kappa shape index (κ2) is 9.16. The van der Waals surface area contributed by atoms with Gasteiger partial charge in [-0.3, -0.25) is 9.69 Å². The summed E-state index contributed by atoms with van der Waals surface area (Å²) in [6.45, 7) is 0.715. The molecule has 0 bridgehead atoms. The Balaban J connectivity index is 1.91. The second-order valence-corrected chi connectivity index (χ2v) is 8.75. The van der Waals surface area contributed by atoms with Gasteiger partial charge in [-0.05, 0) is 54.6 Å². The van der Waals surface area contributed by atoms with Crippen LogP contribution in [0.15, 0.2) is 42.5 Å². The van der Waals surface area contributed by atoms with Crippen LogP contribution < -0.4 is 14.2 Å². The normalized spacial score (nSPS) is 18.0. The number of ether oxygens (including phenoxy) is 3. The van der Waals surface area contributed by atoms with Gasteiger partial charge in [0.25, 0.3) is 0 Å². The zero-order valence-electron chi connectivity index (χ0n) is 18.0. The van der Waals surface area contributed by atoms with Gasteiger partial charge in [0, 0.05) is 9.58 Å². The number of nitrogens with zero attached hydrogens (tertiary/aromatic N) is 1. The van der Waals surface area contributed by atoms with Crippen molar-refractivity contribution in [3.05, 3.63) is 52.9 Å². The number of aliphatic carboxylic acids is 1. The molecule has 0 aliphatic carbocycles. The number of carboxylic acid groups (broad SMARTS) is 1. The molecular weight excluding hydrogens is 414 g/mol. The molecule has 0 spiro atoms. The van der Waals surface area contributed by atoms with Gasteiger partial charge in [-0.2, -0.15) is 0 Å². The van der Waals surface area contributed by atoms with E-state index in [4.69, 9.17) is 14.2 Å². The molecule has 1 aliphatic rings. The number of rotatable bonds is 7. The standard InChI is InChI=1S/C24H27NO5S/c1-28-18-12-16(13-19(29-2)23(18)30-3)22(25-11-7-6-9-17(25)24(26)27)21-14-15-8-4-5-10-20(15)31-21/h4-5,8,10,12-14,17,22H,6-7,9,11H2,1-3H3,(H,26,27). The van der Waals surface area contributed by atoms with Gasteiger partial charge in [0.15, 0.2) is 11.5 Å². The Morgan fingerprint density at radius 3 is 2.39 bits per heavy atom. The van der Waals surface area contributed by atoms with E-state index in [1.165, 1.54) is 4.70 Å². The molecule has 1 aliphatic heterocycles. The number of carboxylic acids is 1. The predicted octanol–water partition coefficient (Wildman–Crippen LogP) is 4.96. The van der Waals surface area contributed by atoms with Crippen LogP contribution in [0.25, 0.3) is 10.1 Å². The van der Waals surface area contributed by atoms with Gasteiger partial charge in [-0.25, -0.2) is 0 Å². The molecule has 1 fully saturated rings. The molecule has 6 nitrogen and oxygen atoms in total. The molecule has 2 heterocycles. The number of fused-ring (bicyclic) bond motifs is 1. The van der Waals surface area contributed by atoms with E-state index in [-0.39, 0.29) is 6.04 Å². The Bertz CT molecular complexity index is 1020. The topological polar surface area (TPSA) is 68.2 Å². The minimum absolute atomic E-state index is 0.229. The number of hydrogen-bond donors (Lipinski definition) is 1. The highest BCUT2D eigenvalue weighted by molar-refractivity contribution is 7.19. The lowest BCUT2D eigenvalue weighted by molar-refractivity contribution is -0.145. The van der Waals surface area contributed by atoms with Gasteiger partial charge >= 0.3 is 5.97 Å². The summed E-state index contributed by atoms with van der Waals surface area (Å²) < 4.78 is 17.9. The second-order valence-electron chi connectivity index (χ2n) is 7.64. The van der Waals surface area contributed by atoms with E-state index in [2.05, 4.69) is 23.1 Å². The first-order valence-corrected chi connectivity index (χ1v) is 11.2. The third-order valence-electron chi connectivity index (χ3n) is 5.88. The fraction of sp³-hybridized carbons (Fsp3) is 0.375. The smallest absolute Gasteiger partial charge is 0.320 e. The number of thiophene rings is 1. The lowest BCUT2D eigenvalue weighted by atomic mass is 9.94. The zero-order valence-corrected chi connectivity index (χ0v) is 18.8. The van der Waals surface area contributed by atoms with Crippen LogP contribution in [-0.4, -0.2) is 49.9 Å². The fourth-order valence-electron chi connectivity index (χ4n) is 4.44. The van der Waals surface area contributed by atoms with Crippen LogP contribution >= 0.6 is 11.3 Å². The van der Waals surface area contributed by atoms with Gasteiger partial charge in [0.2, 0.25) is 5.75 Å². The van der Waals surface area contributed by atoms with Crippen LogP contribution in [0.4, 0.5) is 0 Å². The van der Waals surface area contributed by atoms with Crippen molar-refractivity contribution in [1.29, 1.82) is 0 Å². The van der Waals surface area contributed by atoms with Crippen LogP contribution in [0, 0.1) is 0 Å². The quantitative estimate of drug-likeness (QED) is 0.559. The number of methoxy groups -OCH3 is 3. The maximum atomic E-state index is 12.1. The molecule has 2 unspecified atom stereocenters. The molecule has 4 rings (SSSR count). The summed E-state index contributed by atoms with van der Waals surface area (Å²) in [5, 5.41) is 11.1. The molecule has 31 heavy (non-hydrogen) atoms. The van der Waals surface area contributed by atoms with Gasteiger partial charge in [-0.1, -0.05) is 24.6 Å². The largest absolute Gasteiger partial charge is 0.493 e. The summed E-state index contributed by atoms with van der Waals surface area (Å²) in [4.78, 5) is 15.4. The van der Waals surface area contributed by atoms with Gasteiger partial charge in [0.1, 0.15) is 6.04 Å². The van der Waals surface area contributed by atoms with Crippen LogP contribution in [0.5, 0.6) is 17.2 Å². The number of likely N-dealkylation sites (tertiary alicyclic amines) is 1. The van der Waals surface area contributed by atoms with Crippen LogP contribution in [0.1, 0.15) is 35.7 Å².